The molecule has 0 nitrogen and oxygen atoms in total. The second-order valence-corrected chi connectivity index (χ2v) is 4.95. The van der Waals surface area contributed by atoms with Crippen LogP contribution in [0.15, 0.2) is 24.3 Å². The van der Waals surface area contributed by atoms with E-state index in [9.17, 15) is 0 Å². The minimum Gasteiger partial charge on any atom is -0.0917 e. The van der Waals surface area contributed by atoms with Crippen LogP contribution >= 0.6 is 0 Å². The van der Waals surface area contributed by atoms with Crippen LogP contribution in [0, 0.1) is 6.92 Å². The van der Waals surface area contributed by atoms with Crippen LogP contribution in [0.1, 0.15) is 50.7 Å². The first-order chi connectivity index (χ1) is 8.69. The predicted molar refractivity (Wildman–Crippen MR) is 83.1 cm³/mol. The van der Waals surface area contributed by atoms with E-state index in [1.807, 2.05) is 0 Å². The van der Waals surface area contributed by atoms with Crippen molar-refractivity contribution in [3.05, 3.63) is 45.8 Å². The summed E-state index contributed by atoms with van der Waals surface area (Å²) in [5.74, 6) is 0. The smallest absolute Gasteiger partial charge is 0.0225 e. The van der Waals surface area contributed by atoms with Crippen LogP contribution in [0.4, 0.5) is 0 Å². The third-order valence-electron chi connectivity index (χ3n) is 3.23. The van der Waals surface area contributed by atoms with E-state index in [1.54, 1.807) is 0 Å². The fraction of sp³-hybridized carbons (Fsp3) is 0.444. The summed E-state index contributed by atoms with van der Waals surface area (Å²) in [5, 5.41) is 2.56. The van der Waals surface area contributed by atoms with Gasteiger partial charge in [-0.15, -0.1) is 0 Å². The normalized spacial score (nSPS) is 12.5. The number of hydrogen-bond acceptors (Lipinski definition) is 0. The van der Waals surface area contributed by atoms with Crippen LogP contribution in [0.25, 0.3) is 12.7 Å². The first kappa shape index (κ1) is 14.8. The average Bonchev–Trinajstić information content (AvgIpc) is 2.36. The van der Waals surface area contributed by atoms with Gasteiger partial charge in [-0.3, -0.25) is 0 Å². The molecule has 0 heteroatoms. The molecule has 0 aliphatic heterocycles. The van der Waals surface area contributed by atoms with Gasteiger partial charge in [-0.05, 0) is 55.5 Å². The molecule has 0 bridgehead atoms. The standard InChI is InChI=1S/C18H26/c1-5-7-9-10-12-18-14-15(3)13-17(16(18)4)11-8-6-2/h5,7,11,13-14H,4,6,8-10,12H2,1-3H3/b7-5+,17-11-. The Morgan fingerprint density at radius 3 is 2.67 bits per heavy atom. The van der Waals surface area contributed by atoms with Gasteiger partial charge in [-0.25, -0.2) is 0 Å². The van der Waals surface area contributed by atoms with Gasteiger partial charge in [-0.2, -0.15) is 0 Å². The van der Waals surface area contributed by atoms with Crippen LogP contribution in [-0.2, 0) is 6.42 Å². The summed E-state index contributed by atoms with van der Waals surface area (Å²) in [6, 6.07) is 4.55. The molecule has 0 amide bonds. The van der Waals surface area contributed by atoms with E-state index in [2.05, 4.69) is 57.7 Å². The van der Waals surface area contributed by atoms with Crippen molar-refractivity contribution in [1.82, 2.24) is 0 Å². The van der Waals surface area contributed by atoms with Gasteiger partial charge < -0.3 is 0 Å². The van der Waals surface area contributed by atoms with Crippen molar-refractivity contribution in [2.24, 2.45) is 0 Å². The maximum atomic E-state index is 4.26. The van der Waals surface area contributed by atoms with Crippen molar-refractivity contribution < 1.29 is 0 Å². The topological polar surface area (TPSA) is 0 Å². The molecule has 1 aromatic carbocycles. The minimum absolute atomic E-state index is 1.14. The summed E-state index contributed by atoms with van der Waals surface area (Å²) in [5.41, 5.74) is 2.77. The average molecular weight is 242 g/mol. The van der Waals surface area contributed by atoms with Crippen molar-refractivity contribution in [2.45, 2.75) is 52.9 Å². The highest BCUT2D eigenvalue weighted by Crippen LogP contribution is 2.03. The zero-order chi connectivity index (χ0) is 13.4. The number of allylic oxidation sites excluding steroid dienone is 2. The summed E-state index contributed by atoms with van der Waals surface area (Å²) in [6.07, 6.45) is 12.5. The van der Waals surface area contributed by atoms with Gasteiger partial charge in [0, 0.05) is 0 Å². The number of hydrogen-bond donors (Lipinski definition) is 0. The van der Waals surface area contributed by atoms with E-state index in [0.29, 0.717) is 0 Å². The number of aryl methyl sites for hydroxylation is 2. The van der Waals surface area contributed by atoms with E-state index >= 15 is 0 Å². The zero-order valence-corrected chi connectivity index (χ0v) is 12.1. The molecule has 0 saturated heterocycles. The molecule has 0 aliphatic carbocycles. The van der Waals surface area contributed by atoms with Crippen LogP contribution < -0.4 is 10.4 Å². The molecule has 0 unspecified atom stereocenters. The molecule has 0 heterocycles. The van der Waals surface area contributed by atoms with Crippen molar-refractivity contribution in [1.29, 1.82) is 0 Å². The number of unbranched alkanes of at least 4 members (excludes halogenated alkanes) is 2. The lowest BCUT2D eigenvalue weighted by Crippen LogP contribution is -2.27. The maximum Gasteiger partial charge on any atom is -0.0225 e. The molecule has 0 spiro atoms. The molecule has 0 radical (unpaired) electrons. The molecule has 0 aliphatic rings. The Hall–Kier alpha value is -1.30. The fourth-order valence-corrected chi connectivity index (χ4v) is 2.20. The lowest BCUT2D eigenvalue weighted by atomic mass is 10.0. The van der Waals surface area contributed by atoms with E-state index in [-0.39, 0.29) is 0 Å². The van der Waals surface area contributed by atoms with Crippen LogP contribution in [-0.4, -0.2) is 0 Å². The molecule has 1 rings (SSSR count). The van der Waals surface area contributed by atoms with Gasteiger partial charge >= 0.3 is 0 Å². The Morgan fingerprint density at radius 2 is 2.00 bits per heavy atom. The maximum absolute atomic E-state index is 4.26. The predicted octanol–water partition coefficient (Wildman–Crippen LogP) is 3.88. The molecule has 0 fully saturated rings. The molecule has 0 N–H and O–H groups in total. The monoisotopic (exact) mass is 242 g/mol. The van der Waals surface area contributed by atoms with E-state index < -0.39 is 0 Å². The van der Waals surface area contributed by atoms with Crippen LogP contribution in [0.5, 0.6) is 0 Å². The molecule has 0 saturated carbocycles. The van der Waals surface area contributed by atoms with Gasteiger partial charge in [0.05, 0.1) is 0 Å². The first-order valence-corrected chi connectivity index (χ1v) is 7.08. The van der Waals surface area contributed by atoms with Crippen LogP contribution in [0.2, 0.25) is 0 Å². The van der Waals surface area contributed by atoms with Gasteiger partial charge in [0.2, 0.25) is 0 Å². The van der Waals surface area contributed by atoms with Gasteiger partial charge in [0.25, 0.3) is 0 Å². The Kier molecular flexibility index (Phi) is 6.49. The molecular formula is C18H26. The van der Waals surface area contributed by atoms with Crippen LogP contribution in [0.3, 0.4) is 0 Å². The molecule has 98 valence electrons. The quantitative estimate of drug-likeness (QED) is 0.524. The summed E-state index contributed by atoms with van der Waals surface area (Å²) in [6.45, 7) is 10.7. The minimum atomic E-state index is 1.14. The summed E-state index contributed by atoms with van der Waals surface area (Å²) in [7, 11) is 0. The highest BCUT2D eigenvalue weighted by molar-refractivity contribution is 5.34. The third-order valence-corrected chi connectivity index (χ3v) is 3.23. The largest absolute Gasteiger partial charge is 0.0917 e. The lowest BCUT2D eigenvalue weighted by molar-refractivity contribution is 0.836. The second-order valence-electron chi connectivity index (χ2n) is 4.95. The number of rotatable bonds is 6. The van der Waals surface area contributed by atoms with Gasteiger partial charge in [-0.1, -0.05) is 55.8 Å². The van der Waals surface area contributed by atoms with Crippen molar-refractivity contribution >= 4 is 12.7 Å². The van der Waals surface area contributed by atoms with E-state index in [4.69, 9.17) is 0 Å². The summed E-state index contributed by atoms with van der Waals surface area (Å²) >= 11 is 0. The van der Waals surface area contributed by atoms with Crippen molar-refractivity contribution in [3.63, 3.8) is 0 Å². The second kappa shape index (κ2) is 7.92. The lowest BCUT2D eigenvalue weighted by Gasteiger charge is -2.04. The third kappa shape index (κ3) is 4.52. The number of benzene rings is 1. The molecule has 0 aromatic heterocycles. The Labute approximate surface area is 112 Å². The van der Waals surface area contributed by atoms with Crippen molar-refractivity contribution in [3.8, 4) is 0 Å². The Balaban J connectivity index is 2.91. The van der Waals surface area contributed by atoms with Crippen molar-refractivity contribution in [2.75, 3.05) is 0 Å². The molecule has 1 aromatic rings. The zero-order valence-electron chi connectivity index (χ0n) is 12.1. The summed E-state index contributed by atoms with van der Waals surface area (Å²) in [4.78, 5) is 0. The van der Waals surface area contributed by atoms with Gasteiger partial charge in [0.1, 0.15) is 0 Å². The highest BCUT2D eigenvalue weighted by atomic mass is 14.0. The van der Waals surface area contributed by atoms with E-state index in [1.165, 1.54) is 34.4 Å². The van der Waals surface area contributed by atoms with E-state index in [0.717, 1.165) is 19.3 Å². The summed E-state index contributed by atoms with van der Waals surface area (Å²) < 4.78 is 0. The molecule has 0 atom stereocenters. The molecular weight excluding hydrogens is 216 g/mol. The Bertz CT molecular complexity index is 492. The fourth-order valence-electron chi connectivity index (χ4n) is 2.20. The highest BCUT2D eigenvalue weighted by Gasteiger charge is 1.97. The molecule has 18 heavy (non-hydrogen) atoms. The Morgan fingerprint density at radius 1 is 1.22 bits per heavy atom. The SMILES string of the molecule is C=c1c(CCC/C=C/C)cc(C)c/c1=C/CCC. The van der Waals surface area contributed by atoms with Gasteiger partial charge in [0.15, 0.2) is 0 Å². The first-order valence-electron chi connectivity index (χ1n) is 7.08.